The number of nitrogens with zero attached hydrogens (tertiary/aromatic N) is 5. The van der Waals surface area contributed by atoms with Crippen LogP contribution in [0.1, 0.15) is 23.7 Å². The zero-order valence-corrected chi connectivity index (χ0v) is 18.2. The first-order chi connectivity index (χ1) is 15.5. The van der Waals surface area contributed by atoms with E-state index in [-0.39, 0.29) is 18.4 Å². The first-order valence-corrected chi connectivity index (χ1v) is 10.4. The van der Waals surface area contributed by atoms with Crippen molar-refractivity contribution in [1.29, 1.82) is 0 Å². The molecule has 32 heavy (non-hydrogen) atoms. The van der Waals surface area contributed by atoms with Crippen molar-refractivity contribution < 1.29 is 9.53 Å². The standard InChI is InChI=1S/C22H20ClN7O2/c1-13-11-29(12-24-13)17-8-7-16(9-19(17)32-2)25-21-27-22-26-20(31)10-18(30(22)28-21)14-3-5-15(23)6-4-14/h3-9,11-12,18H,10H2,1-2H3,(H2,25,26,27,28,31). The highest BCUT2D eigenvalue weighted by molar-refractivity contribution is 6.30. The minimum Gasteiger partial charge on any atom is -0.494 e. The fraction of sp³-hybridized carbons (Fsp3) is 0.182. The number of hydrogen-bond acceptors (Lipinski definition) is 6. The van der Waals surface area contributed by atoms with Gasteiger partial charge in [-0.25, -0.2) is 9.67 Å². The molecule has 0 bridgehead atoms. The van der Waals surface area contributed by atoms with E-state index in [1.54, 1.807) is 30.3 Å². The number of imidazole rings is 1. The van der Waals surface area contributed by atoms with Crippen LogP contribution < -0.4 is 15.4 Å². The summed E-state index contributed by atoms with van der Waals surface area (Å²) in [4.78, 5) is 21.0. The van der Waals surface area contributed by atoms with Crippen LogP contribution in [0.3, 0.4) is 0 Å². The van der Waals surface area contributed by atoms with E-state index in [1.807, 2.05) is 48.0 Å². The number of anilines is 3. The first kappa shape index (κ1) is 20.1. The van der Waals surface area contributed by atoms with Crippen LogP contribution in [0.25, 0.3) is 5.69 Å². The molecule has 0 saturated heterocycles. The average molecular weight is 450 g/mol. The van der Waals surface area contributed by atoms with Crippen LogP contribution >= 0.6 is 11.6 Å². The quantitative estimate of drug-likeness (QED) is 0.475. The Morgan fingerprint density at radius 1 is 1.22 bits per heavy atom. The number of carbonyl (C=O) groups is 1. The van der Waals surface area contributed by atoms with E-state index in [9.17, 15) is 4.79 Å². The van der Waals surface area contributed by atoms with Crippen molar-refractivity contribution in [3.05, 3.63) is 71.3 Å². The van der Waals surface area contributed by atoms with Crippen molar-refractivity contribution in [3.63, 3.8) is 0 Å². The van der Waals surface area contributed by atoms with Gasteiger partial charge < -0.3 is 14.6 Å². The van der Waals surface area contributed by atoms with Crippen LogP contribution in [-0.4, -0.2) is 37.3 Å². The lowest BCUT2D eigenvalue weighted by Gasteiger charge is -2.23. The highest BCUT2D eigenvalue weighted by Crippen LogP contribution is 2.32. The van der Waals surface area contributed by atoms with Gasteiger partial charge in [-0.2, -0.15) is 4.98 Å². The van der Waals surface area contributed by atoms with Gasteiger partial charge in [-0.3, -0.25) is 10.1 Å². The van der Waals surface area contributed by atoms with Gasteiger partial charge in [0, 0.05) is 23.0 Å². The molecule has 0 aliphatic carbocycles. The molecule has 2 aromatic carbocycles. The molecule has 1 atom stereocenters. The number of rotatable bonds is 5. The molecule has 3 heterocycles. The molecule has 1 unspecified atom stereocenters. The summed E-state index contributed by atoms with van der Waals surface area (Å²) in [6.07, 6.45) is 3.94. The second-order valence-electron chi connectivity index (χ2n) is 7.46. The minimum atomic E-state index is -0.263. The van der Waals surface area contributed by atoms with E-state index in [0.717, 1.165) is 22.6 Å². The molecule has 2 aromatic heterocycles. The van der Waals surface area contributed by atoms with Crippen molar-refractivity contribution in [2.75, 3.05) is 17.7 Å². The number of amides is 1. The third-order valence-electron chi connectivity index (χ3n) is 5.24. The average Bonchev–Trinajstić information content (AvgIpc) is 3.39. The maximum absolute atomic E-state index is 12.2. The number of aryl methyl sites for hydroxylation is 1. The predicted octanol–water partition coefficient (Wildman–Crippen LogP) is 4.11. The zero-order valence-electron chi connectivity index (χ0n) is 17.4. The molecule has 0 radical (unpaired) electrons. The van der Waals surface area contributed by atoms with Gasteiger partial charge in [-0.05, 0) is 36.8 Å². The Morgan fingerprint density at radius 3 is 2.75 bits per heavy atom. The lowest BCUT2D eigenvalue weighted by atomic mass is 10.0. The molecule has 10 heteroatoms. The number of halogens is 1. The van der Waals surface area contributed by atoms with Crippen LogP contribution in [0, 0.1) is 6.92 Å². The van der Waals surface area contributed by atoms with Gasteiger partial charge in [0.1, 0.15) is 5.75 Å². The molecule has 0 fully saturated rings. The highest BCUT2D eigenvalue weighted by Gasteiger charge is 2.29. The maximum atomic E-state index is 12.2. The van der Waals surface area contributed by atoms with Gasteiger partial charge in [-0.1, -0.05) is 23.7 Å². The van der Waals surface area contributed by atoms with Crippen LogP contribution in [-0.2, 0) is 4.79 Å². The van der Waals surface area contributed by atoms with Gasteiger partial charge in [0.25, 0.3) is 0 Å². The topological polar surface area (TPSA) is 98.9 Å². The van der Waals surface area contributed by atoms with E-state index >= 15 is 0 Å². The highest BCUT2D eigenvalue weighted by atomic mass is 35.5. The minimum absolute atomic E-state index is 0.113. The SMILES string of the molecule is COc1cc(Nc2nc3n(n2)C(c2ccc(Cl)cc2)CC(=O)N3)ccc1-n1cnc(C)c1. The van der Waals surface area contributed by atoms with Gasteiger partial charge >= 0.3 is 0 Å². The second-order valence-corrected chi connectivity index (χ2v) is 7.89. The molecule has 1 aliphatic heterocycles. The fourth-order valence-electron chi connectivity index (χ4n) is 3.71. The summed E-state index contributed by atoms with van der Waals surface area (Å²) in [7, 11) is 1.62. The molecule has 5 rings (SSSR count). The Balaban J connectivity index is 1.44. The van der Waals surface area contributed by atoms with Crippen LogP contribution in [0.4, 0.5) is 17.6 Å². The fourth-order valence-corrected chi connectivity index (χ4v) is 3.84. The van der Waals surface area contributed by atoms with Gasteiger partial charge in [0.05, 0.1) is 37.3 Å². The normalized spacial score (nSPS) is 15.2. The number of fused-ring (bicyclic) bond motifs is 1. The third kappa shape index (κ3) is 3.78. The summed E-state index contributed by atoms with van der Waals surface area (Å²) < 4.78 is 9.18. The van der Waals surface area contributed by atoms with Crippen molar-refractivity contribution in [1.82, 2.24) is 24.3 Å². The van der Waals surface area contributed by atoms with E-state index in [0.29, 0.717) is 22.7 Å². The van der Waals surface area contributed by atoms with Crippen LogP contribution in [0.15, 0.2) is 55.0 Å². The lowest BCUT2D eigenvalue weighted by molar-refractivity contribution is -0.117. The molecule has 162 valence electrons. The predicted molar refractivity (Wildman–Crippen MR) is 121 cm³/mol. The van der Waals surface area contributed by atoms with Crippen LogP contribution in [0.5, 0.6) is 5.75 Å². The zero-order chi connectivity index (χ0) is 22.2. The molecule has 1 aliphatic rings. The van der Waals surface area contributed by atoms with Gasteiger partial charge in [0.2, 0.25) is 17.8 Å². The van der Waals surface area contributed by atoms with Crippen molar-refractivity contribution in [2.45, 2.75) is 19.4 Å². The molecule has 0 spiro atoms. The van der Waals surface area contributed by atoms with E-state index in [2.05, 4.69) is 25.7 Å². The van der Waals surface area contributed by atoms with E-state index in [4.69, 9.17) is 16.3 Å². The van der Waals surface area contributed by atoms with Gasteiger partial charge in [-0.15, -0.1) is 5.10 Å². The number of benzene rings is 2. The summed E-state index contributed by atoms with van der Waals surface area (Å²) >= 11 is 6.01. The Bertz CT molecular complexity index is 1300. The number of hydrogen-bond donors (Lipinski definition) is 2. The molecular formula is C22H20ClN7O2. The molecule has 4 aromatic rings. The number of nitrogens with one attached hydrogen (secondary N) is 2. The number of carbonyl (C=O) groups excluding carboxylic acids is 1. The summed E-state index contributed by atoms with van der Waals surface area (Å²) in [6.45, 7) is 1.93. The second kappa shape index (κ2) is 8.01. The molecule has 0 saturated carbocycles. The number of ether oxygens (including phenoxy) is 1. The van der Waals surface area contributed by atoms with Crippen molar-refractivity contribution in [2.24, 2.45) is 0 Å². The Morgan fingerprint density at radius 2 is 2.03 bits per heavy atom. The monoisotopic (exact) mass is 449 g/mol. The molecular weight excluding hydrogens is 430 g/mol. The largest absolute Gasteiger partial charge is 0.494 e. The maximum Gasteiger partial charge on any atom is 0.248 e. The van der Waals surface area contributed by atoms with Crippen molar-refractivity contribution in [3.8, 4) is 11.4 Å². The lowest BCUT2D eigenvalue weighted by Crippen LogP contribution is -2.29. The third-order valence-corrected chi connectivity index (χ3v) is 5.49. The Labute approximate surface area is 189 Å². The molecule has 9 nitrogen and oxygen atoms in total. The van der Waals surface area contributed by atoms with Crippen LogP contribution in [0.2, 0.25) is 5.02 Å². The molecule has 2 N–H and O–H groups in total. The first-order valence-electron chi connectivity index (χ1n) is 9.98. The van der Waals surface area contributed by atoms with Gasteiger partial charge in [0.15, 0.2) is 0 Å². The van der Waals surface area contributed by atoms with Crippen molar-refractivity contribution >= 4 is 35.1 Å². The van der Waals surface area contributed by atoms with E-state index in [1.165, 1.54) is 0 Å². The Hall–Kier alpha value is -3.85. The summed E-state index contributed by atoms with van der Waals surface area (Å²) in [6, 6.07) is 12.8. The summed E-state index contributed by atoms with van der Waals surface area (Å²) in [5, 5.41) is 11.2. The molecule has 1 amide bonds. The number of methoxy groups -OCH3 is 1. The summed E-state index contributed by atoms with van der Waals surface area (Å²) in [5.41, 5.74) is 3.47. The van der Waals surface area contributed by atoms with E-state index < -0.39 is 0 Å². The Kier molecular flexibility index (Phi) is 5.02. The smallest absolute Gasteiger partial charge is 0.248 e. The number of aromatic nitrogens is 5. The summed E-state index contributed by atoms with van der Waals surface area (Å²) in [5.74, 6) is 1.32.